The Hall–Kier alpha value is -2.10. The van der Waals surface area contributed by atoms with Gasteiger partial charge in [0.2, 0.25) is 5.91 Å². The zero-order chi connectivity index (χ0) is 17.6. The quantitative estimate of drug-likeness (QED) is 0.807. The second kappa shape index (κ2) is 8.32. The molecule has 1 aliphatic heterocycles. The van der Waals surface area contributed by atoms with E-state index in [0.29, 0.717) is 18.2 Å². The molecule has 1 saturated heterocycles. The largest absolute Gasteiger partial charge is 0.342 e. The molecule has 0 bridgehead atoms. The van der Waals surface area contributed by atoms with Crippen LogP contribution in [0.1, 0.15) is 42.4 Å². The minimum absolute atomic E-state index is 0.296. The molecule has 0 N–H and O–H groups in total. The molecule has 0 radical (unpaired) electrons. The van der Waals surface area contributed by atoms with Gasteiger partial charge in [0, 0.05) is 32.8 Å². The first kappa shape index (κ1) is 17.7. The minimum Gasteiger partial charge on any atom is -0.342 e. The fourth-order valence-electron chi connectivity index (χ4n) is 3.79. The number of carbonyl (C=O) groups excluding carboxylic acids is 1. The van der Waals surface area contributed by atoms with Crippen molar-refractivity contribution in [3.05, 3.63) is 53.3 Å². The van der Waals surface area contributed by atoms with Crippen molar-refractivity contribution in [1.29, 1.82) is 0 Å². The number of aryl methyl sites for hydroxylation is 4. The lowest BCUT2D eigenvalue weighted by atomic mass is 9.90. The Morgan fingerprint density at radius 1 is 1.28 bits per heavy atom. The molecule has 134 valence electrons. The van der Waals surface area contributed by atoms with Gasteiger partial charge in [-0.1, -0.05) is 24.3 Å². The fraction of sp³-hybridized carbons (Fsp3) is 0.524. The number of benzene rings is 1. The highest BCUT2D eigenvalue weighted by molar-refractivity contribution is 5.76. The third-order valence-corrected chi connectivity index (χ3v) is 5.34. The number of carbonyl (C=O) groups is 1. The van der Waals surface area contributed by atoms with E-state index < -0.39 is 0 Å². The van der Waals surface area contributed by atoms with Crippen LogP contribution >= 0.6 is 0 Å². The molecule has 2 aromatic rings. The van der Waals surface area contributed by atoms with Crippen LogP contribution in [-0.4, -0.2) is 33.7 Å². The number of amides is 1. The van der Waals surface area contributed by atoms with Gasteiger partial charge >= 0.3 is 0 Å². The van der Waals surface area contributed by atoms with Crippen molar-refractivity contribution in [2.75, 3.05) is 13.1 Å². The summed E-state index contributed by atoms with van der Waals surface area (Å²) in [6, 6.07) is 8.64. The normalized spacial score (nSPS) is 17.7. The Kier molecular flexibility index (Phi) is 5.90. The van der Waals surface area contributed by atoms with Crippen molar-refractivity contribution in [1.82, 2.24) is 14.7 Å². The smallest absolute Gasteiger partial charge is 0.222 e. The van der Waals surface area contributed by atoms with E-state index in [1.807, 2.05) is 19.4 Å². The van der Waals surface area contributed by atoms with E-state index >= 15 is 0 Å². The molecular formula is C21H29N3O. The molecule has 4 nitrogen and oxygen atoms in total. The molecule has 1 amide bonds. The standard InChI is InChI=1S/C21H29N3O/c1-17-6-3-4-8-20(17)11-9-18-7-5-13-24(16-18)21(25)12-10-19-14-22-23(2)15-19/h3-4,6,8,14-15,18H,5,7,9-13,16H2,1-2H3/t18-/m1/s1. The highest BCUT2D eigenvalue weighted by Gasteiger charge is 2.23. The molecule has 1 aliphatic rings. The molecule has 2 heterocycles. The second-order valence-electron chi connectivity index (χ2n) is 7.34. The van der Waals surface area contributed by atoms with Crippen LogP contribution in [0.15, 0.2) is 36.7 Å². The lowest BCUT2D eigenvalue weighted by molar-refractivity contribution is -0.133. The van der Waals surface area contributed by atoms with Crippen molar-refractivity contribution in [2.45, 2.75) is 45.4 Å². The Labute approximate surface area is 150 Å². The number of hydrogen-bond acceptors (Lipinski definition) is 2. The van der Waals surface area contributed by atoms with Crippen LogP contribution in [-0.2, 0) is 24.7 Å². The van der Waals surface area contributed by atoms with Gasteiger partial charge in [-0.2, -0.15) is 5.10 Å². The highest BCUT2D eigenvalue weighted by atomic mass is 16.2. The molecule has 4 heteroatoms. The molecule has 1 aromatic heterocycles. The third kappa shape index (κ3) is 4.94. The molecule has 1 aromatic carbocycles. The van der Waals surface area contributed by atoms with Crippen LogP contribution in [0.4, 0.5) is 0 Å². The number of piperidine rings is 1. The molecule has 3 rings (SSSR count). The van der Waals surface area contributed by atoms with E-state index in [1.54, 1.807) is 4.68 Å². The van der Waals surface area contributed by atoms with Gasteiger partial charge in [0.25, 0.3) is 0 Å². The van der Waals surface area contributed by atoms with Gasteiger partial charge in [0.1, 0.15) is 0 Å². The van der Waals surface area contributed by atoms with E-state index in [-0.39, 0.29) is 0 Å². The average molecular weight is 339 g/mol. The molecule has 0 spiro atoms. The van der Waals surface area contributed by atoms with Gasteiger partial charge in [0.05, 0.1) is 6.20 Å². The topological polar surface area (TPSA) is 38.1 Å². The molecule has 25 heavy (non-hydrogen) atoms. The van der Waals surface area contributed by atoms with Crippen molar-refractivity contribution < 1.29 is 4.79 Å². The predicted molar refractivity (Wildman–Crippen MR) is 100 cm³/mol. The third-order valence-electron chi connectivity index (χ3n) is 5.34. The maximum atomic E-state index is 12.6. The Bertz CT molecular complexity index is 707. The fourth-order valence-corrected chi connectivity index (χ4v) is 3.79. The molecule has 1 atom stereocenters. The van der Waals surface area contributed by atoms with E-state index in [9.17, 15) is 4.79 Å². The van der Waals surface area contributed by atoms with Gasteiger partial charge in [-0.05, 0) is 61.6 Å². The van der Waals surface area contributed by atoms with E-state index in [4.69, 9.17) is 0 Å². The second-order valence-corrected chi connectivity index (χ2v) is 7.34. The lowest BCUT2D eigenvalue weighted by Gasteiger charge is -2.33. The molecule has 0 aliphatic carbocycles. The minimum atomic E-state index is 0.296. The predicted octanol–water partition coefficient (Wildman–Crippen LogP) is 3.53. The van der Waals surface area contributed by atoms with Gasteiger partial charge < -0.3 is 4.90 Å². The van der Waals surface area contributed by atoms with Gasteiger partial charge in [-0.3, -0.25) is 9.48 Å². The van der Waals surface area contributed by atoms with Crippen LogP contribution < -0.4 is 0 Å². The molecule has 0 saturated carbocycles. The first-order valence-electron chi connectivity index (χ1n) is 9.41. The summed E-state index contributed by atoms with van der Waals surface area (Å²) in [6.07, 6.45) is 9.91. The summed E-state index contributed by atoms with van der Waals surface area (Å²) in [4.78, 5) is 14.6. The Morgan fingerprint density at radius 3 is 2.88 bits per heavy atom. The van der Waals surface area contributed by atoms with Crippen LogP contribution in [0.25, 0.3) is 0 Å². The number of hydrogen-bond donors (Lipinski definition) is 0. The van der Waals surface area contributed by atoms with E-state index in [2.05, 4.69) is 41.2 Å². The van der Waals surface area contributed by atoms with E-state index in [1.165, 1.54) is 24.0 Å². The maximum absolute atomic E-state index is 12.6. The van der Waals surface area contributed by atoms with Crippen molar-refractivity contribution >= 4 is 5.91 Å². The maximum Gasteiger partial charge on any atom is 0.222 e. The van der Waals surface area contributed by atoms with Gasteiger partial charge in [-0.25, -0.2) is 0 Å². The Balaban J connectivity index is 1.47. The number of nitrogens with zero attached hydrogens (tertiary/aromatic N) is 3. The summed E-state index contributed by atoms with van der Waals surface area (Å²) >= 11 is 0. The first-order valence-corrected chi connectivity index (χ1v) is 9.41. The monoisotopic (exact) mass is 339 g/mol. The van der Waals surface area contributed by atoms with Crippen LogP contribution in [0.3, 0.4) is 0 Å². The van der Waals surface area contributed by atoms with Crippen LogP contribution in [0.5, 0.6) is 0 Å². The zero-order valence-corrected chi connectivity index (χ0v) is 15.4. The number of rotatable bonds is 6. The van der Waals surface area contributed by atoms with Crippen molar-refractivity contribution in [2.24, 2.45) is 13.0 Å². The zero-order valence-electron chi connectivity index (χ0n) is 15.4. The summed E-state index contributed by atoms with van der Waals surface area (Å²) in [6.45, 7) is 4.04. The number of likely N-dealkylation sites (tertiary alicyclic amines) is 1. The van der Waals surface area contributed by atoms with Crippen molar-refractivity contribution in [3.63, 3.8) is 0 Å². The summed E-state index contributed by atoms with van der Waals surface area (Å²) in [5, 5.41) is 4.17. The molecular weight excluding hydrogens is 310 g/mol. The summed E-state index contributed by atoms with van der Waals surface area (Å²) < 4.78 is 1.79. The average Bonchev–Trinajstić information content (AvgIpc) is 3.04. The summed E-state index contributed by atoms with van der Waals surface area (Å²) in [7, 11) is 1.91. The van der Waals surface area contributed by atoms with Gasteiger partial charge in [-0.15, -0.1) is 0 Å². The molecule has 0 unspecified atom stereocenters. The number of aromatic nitrogens is 2. The summed E-state index contributed by atoms with van der Waals surface area (Å²) in [5.74, 6) is 0.931. The molecule has 1 fully saturated rings. The van der Waals surface area contributed by atoms with Gasteiger partial charge in [0.15, 0.2) is 0 Å². The first-order chi connectivity index (χ1) is 12.1. The SMILES string of the molecule is Cc1ccccc1CC[C@H]1CCCN(C(=O)CCc2cnn(C)c2)C1. The van der Waals surface area contributed by atoms with Crippen LogP contribution in [0, 0.1) is 12.8 Å². The Morgan fingerprint density at radius 2 is 2.12 bits per heavy atom. The van der Waals surface area contributed by atoms with E-state index in [0.717, 1.165) is 37.9 Å². The summed E-state index contributed by atoms with van der Waals surface area (Å²) in [5.41, 5.74) is 3.97. The van der Waals surface area contributed by atoms with Crippen LogP contribution in [0.2, 0.25) is 0 Å². The van der Waals surface area contributed by atoms with Crippen molar-refractivity contribution in [3.8, 4) is 0 Å². The lowest BCUT2D eigenvalue weighted by Crippen LogP contribution is -2.40. The highest BCUT2D eigenvalue weighted by Crippen LogP contribution is 2.23.